The van der Waals surface area contributed by atoms with Gasteiger partial charge >= 0.3 is 0 Å². The molecule has 0 aliphatic heterocycles. The standard InChI is InChI=1S/C13H20O2/c1-12(2,3)11-7-5-10(6-8-11)9-13(4,14)15/h5-8,14-15H,9H2,1-4H3. The molecule has 0 spiro atoms. The van der Waals surface area contributed by atoms with Crippen LogP contribution in [0, 0.1) is 0 Å². The monoisotopic (exact) mass is 208 g/mol. The zero-order valence-electron chi connectivity index (χ0n) is 9.91. The molecule has 0 radical (unpaired) electrons. The van der Waals surface area contributed by atoms with Crippen molar-refractivity contribution < 1.29 is 10.2 Å². The molecule has 15 heavy (non-hydrogen) atoms. The van der Waals surface area contributed by atoms with E-state index in [4.69, 9.17) is 0 Å². The lowest BCUT2D eigenvalue weighted by atomic mass is 9.86. The van der Waals surface area contributed by atoms with Crippen molar-refractivity contribution in [1.82, 2.24) is 0 Å². The van der Waals surface area contributed by atoms with Crippen LogP contribution in [-0.4, -0.2) is 16.0 Å². The second-order valence-electron chi connectivity index (χ2n) is 5.34. The molecule has 84 valence electrons. The minimum atomic E-state index is -1.62. The topological polar surface area (TPSA) is 40.5 Å². The number of aliphatic hydroxyl groups is 2. The first-order chi connectivity index (χ1) is 6.68. The fraction of sp³-hybridized carbons (Fsp3) is 0.538. The van der Waals surface area contributed by atoms with Gasteiger partial charge in [0.05, 0.1) is 0 Å². The highest BCUT2D eigenvalue weighted by Crippen LogP contribution is 2.22. The molecular formula is C13H20O2. The van der Waals surface area contributed by atoms with Crippen LogP contribution < -0.4 is 0 Å². The molecule has 0 amide bonds. The maximum Gasteiger partial charge on any atom is 0.163 e. The lowest BCUT2D eigenvalue weighted by Crippen LogP contribution is -2.25. The average Bonchev–Trinajstić information content (AvgIpc) is 2.00. The van der Waals surface area contributed by atoms with E-state index >= 15 is 0 Å². The Hall–Kier alpha value is -0.860. The normalized spacial score (nSPS) is 12.9. The van der Waals surface area contributed by atoms with Gasteiger partial charge in [0.15, 0.2) is 5.79 Å². The molecule has 1 aromatic rings. The maximum atomic E-state index is 9.26. The van der Waals surface area contributed by atoms with Gasteiger partial charge in [-0.1, -0.05) is 45.0 Å². The predicted octanol–water partition coefficient (Wildman–Crippen LogP) is 2.23. The number of hydrogen-bond donors (Lipinski definition) is 2. The van der Waals surface area contributed by atoms with Gasteiger partial charge in [0.25, 0.3) is 0 Å². The van der Waals surface area contributed by atoms with Crippen molar-refractivity contribution in [2.24, 2.45) is 0 Å². The van der Waals surface area contributed by atoms with Gasteiger partial charge in [-0.3, -0.25) is 0 Å². The quantitative estimate of drug-likeness (QED) is 0.732. The predicted molar refractivity (Wildman–Crippen MR) is 61.7 cm³/mol. The van der Waals surface area contributed by atoms with Crippen LogP contribution in [0.2, 0.25) is 0 Å². The fourth-order valence-electron chi connectivity index (χ4n) is 1.51. The Morgan fingerprint density at radius 2 is 1.40 bits per heavy atom. The van der Waals surface area contributed by atoms with Crippen LogP contribution in [0.25, 0.3) is 0 Å². The Kier molecular flexibility index (Phi) is 3.22. The van der Waals surface area contributed by atoms with Gasteiger partial charge in [-0.05, 0) is 23.5 Å². The number of hydrogen-bond acceptors (Lipinski definition) is 2. The molecule has 0 aromatic heterocycles. The highest BCUT2D eigenvalue weighted by molar-refractivity contribution is 5.27. The van der Waals surface area contributed by atoms with E-state index in [1.807, 2.05) is 24.3 Å². The minimum Gasteiger partial charge on any atom is -0.366 e. The van der Waals surface area contributed by atoms with Crippen molar-refractivity contribution in [3.05, 3.63) is 35.4 Å². The molecule has 0 fully saturated rings. The third-order valence-electron chi connectivity index (χ3n) is 2.36. The van der Waals surface area contributed by atoms with Crippen molar-refractivity contribution in [1.29, 1.82) is 0 Å². The van der Waals surface area contributed by atoms with Crippen LogP contribution in [0.3, 0.4) is 0 Å². The van der Waals surface area contributed by atoms with E-state index in [1.165, 1.54) is 12.5 Å². The van der Waals surface area contributed by atoms with Gasteiger partial charge in [-0.25, -0.2) is 0 Å². The average molecular weight is 208 g/mol. The van der Waals surface area contributed by atoms with Crippen molar-refractivity contribution in [2.45, 2.75) is 45.3 Å². The lowest BCUT2D eigenvalue weighted by molar-refractivity contribution is -0.142. The molecule has 0 bridgehead atoms. The molecule has 0 saturated carbocycles. The van der Waals surface area contributed by atoms with Crippen molar-refractivity contribution in [2.75, 3.05) is 0 Å². The number of benzene rings is 1. The lowest BCUT2D eigenvalue weighted by Gasteiger charge is -2.20. The Morgan fingerprint density at radius 3 is 1.73 bits per heavy atom. The Balaban J connectivity index is 2.82. The van der Waals surface area contributed by atoms with Crippen LogP contribution in [0.1, 0.15) is 38.8 Å². The Labute approximate surface area is 91.6 Å². The fourth-order valence-corrected chi connectivity index (χ4v) is 1.51. The molecule has 1 rings (SSSR count). The Bertz CT molecular complexity index is 312. The maximum absolute atomic E-state index is 9.26. The second-order valence-corrected chi connectivity index (χ2v) is 5.34. The molecule has 0 aliphatic rings. The molecule has 0 aliphatic carbocycles. The summed E-state index contributed by atoms with van der Waals surface area (Å²) in [5.74, 6) is -1.62. The van der Waals surface area contributed by atoms with Gasteiger partial charge < -0.3 is 10.2 Å². The van der Waals surface area contributed by atoms with Gasteiger partial charge in [-0.2, -0.15) is 0 Å². The second kappa shape index (κ2) is 3.95. The molecule has 1 aromatic carbocycles. The van der Waals surface area contributed by atoms with E-state index in [0.29, 0.717) is 0 Å². The van der Waals surface area contributed by atoms with Crippen molar-refractivity contribution in [3.63, 3.8) is 0 Å². The summed E-state index contributed by atoms with van der Waals surface area (Å²) < 4.78 is 0. The van der Waals surface area contributed by atoms with Gasteiger partial charge in [0.2, 0.25) is 0 Å². The first-order valence-electron chi connectivity index (χ1n) is 5.23. The van der Waals surface area contributed by atoms with E-state index in [0.717, 1.165) is 5.56 Å². The summed E-state index contributed by atoms with van der Waals surface area (Å²) in [5, 5.41) is 18.5. The van der Waals surface area contributed by atoms with E-state index in [2.05, 4.69) is 20.8 Å². The van der Waals surface area contributed by atoms with E-state index in [-0.39, 0.29) is 11.8 Å². The van der Waals surface area contributed by atoms with Gasteiger partial charge in [0, 0.05) is 6.42 Å². The molecule has 2 nitrogen and oxygen atoms in total. The SMILES string of the molecule is CC(O)(O)Cc1ccc(C(C)(C)C)cc1. The van der Waals surface area contributed by atoms with E-state index < -0.39 is 5.79 Å². The summed E-state index contributed by atoms with van der Waals surface area (Å²) in [6.45, 7) is 7.86. The van der Waals surface area contributed by atoms with E-state index in [9.17, 15) is 10.2 Å². The van der Waals surface area contributed by atoms with E-state index in [1.54, 1.807) is 0 Å². The summed E-state index contributed by atoms with van der Waals surface area (Å²) in [6, 6.07) is 7.98. The third kappa shape index (κ3) is 4.02. The number of rotatable bonds is 2. The highest BCUT2D eigenvalue weighted by Gasteiger charge is 2.17. The molecule has 0 heterocycles. The minimum absolute atomic E-state index is 0.139. The molecular weight excluding hydrogens is 188 g/mol. The summed E-state index contributed by atoms with van der Waals surface area (Å²) in [7, 11) is 0. The van der Waals surface area contributed by atoms with Crippen LogP contribution in [0.5, 0.6) is 0 Å². The molecule has 2 N–H and O–H groups in total. The summed E-state index contributed by atoms with van der Waals surface area (Å²) in [5.41, 5.74) is 2.33. The molecule has 2 heteroatoms. The van der Waals surface area contributed by atoms with Crippen molar-refractivity contribution in [3.8, 4) is 0 Å². The first-order valence-corrected chi connectivity index (χ1v) is 5.23. The molecule has 0 unspecified atom stereocenters. The highest BCUT2D eigenvalue weighted by atomic mass is 16.5. The molecule has 0 saturated heterocycles. The summed E-state index contributed by atoms with van der Waals surface area (Å²) in [4.78, 5) is 0. The van der Waals surface area contributed by atoms with Crippen LogP contribution in [0.15, 0.2) is 24.3 Å². The van der Waals surface area contributed by atoms with Crippen LogP contribution in [-0.2, 0) is 11.8 Å². The van der Waals surface area contributed by atoms with Crippen LogP contribution in [0.4, 0.5) is 0 Å². The zero-order valence-corrected chi connectivity index (χ0v) is 9.91. The third-order valence-corrected chi connectivity index (χ3v) is 2.36. The summed E-state index contributed by atoms with van der Waals surface area (Å²) in [6.07, 6.45) is 0.261. The van der Waals surface area contributed by atoms with Gasteiger partial charge in [-0.15, -0.1) is 0 Å². The van der Waals surface area contributed by atoms with Gasteiger partial charge in [0.1, 0.15) is 0 Å². The van der Waals surface area contributed by atoms with Crippen LogP contribution >= 0.6 is 0 Å². The van der Waals surface area contributed by atoms with Crippen molar-refractivity contribution >= 4 is 0 Å². The summed E-state index contributed by atoms with van der Waals surface area (Å²) >= 11 is 0. The Morgan fingerprint density at radius 1 is 0.933 bits per heavy atom. The smallest absolute Gasteiger partial charge is 0.163 e. The molecule has 0 atom stereocenters. The first kappa shape index (κ1) is 12.2. The zero-order chi connectivity index (χ0) is 11.7. The largest absolute Gasteiger partial charge is 0.366 e.